The Morgan fingerprint density at radius 2 is 1.92 bits per heavy atom. The molecule has 0 saturated carbocycles. The van der Waals surface area contributed by atoms with Gasteiger partial charge in [0.15, 0.2) is 0 Å². The van der Waals surface area contributed by atoms with Gasteiger partial charge in [-0.15, -0.1) is 0 Å². The molecule has 0 aliphatic heterocycles. The number of nitrogens with zero attached hydrogens (tertiary/aromatic N) is 1. The van der Waals surface area contributed by atoms with Crippen molar-refractivity contribution in [2.45, 2.75) is 20.4 Å². The van der Waals surface area contributed by atoms with Crippen molar-refractivity contribution < 1.29 is 9.21 Å². The van der Waals surface area contributed by atoms with Crippen molar-refractivity contribution in [2.24, 2.45) is 0 Å². The lowest BCUT2D eigenvalue weighted by molar-refractivity contribution is 0.0943. The van der Waals surface area contributed by atoms with Crippen LogP contribution in [0.25, 0.3) is 0 Å². The lowest BCUT2D eigenvalue weighted by Crippen LogP contribution is -2.23. The lowest BCUT2D eigenvalue weighted by atomic mass is 10.1. The zero-order valence-corrected chi connectivity index (χ0v) is 13.7. The number of furan rings is 1. The summed E-state index contributed by atoms with van der Waals surface area (Å²) in [5.74, 6) is 0.463. The molecule has 1 amide bonds. The van der Waals surface area contributed by atoms with Crippen LogP contribution in [-0.4, -0.2) is 10.9 Å². The minimum Gasteiger partial charge on any atom is -0.467 e. The zero-order chi connectivity index (χ0) is 16.9. The molecule has 5 nitrogen and oxygen atoms in total. The molecule has 3 rings (SSSR count). The maximum Gasteiger partial charge on any atom is 0.270 e. The average Bonchev–Trinajstić information content (AvgIpc) is 3.10. The number of nitrogens with one attached hydrogen (secondary N) is 2. The van der Waals surface area contributed by atoms with Crippen molar-refractivity contribution >= 4 is 17.3 Å². The van der Waals surface area contributed by atoms with E-state index >= 15 is 0 Å². The zero-order valence-electron chi connectivity index (χ0n) is 13.7. The van der Waals surface area contributed by atoms with Gasteiger partial charge in [0.2, 0.25) is 0 Å². The summed E-state index contributed by atoms with van der Waals surface area (Å²) in [5.41, 5.74) is 4.53. The third-order valence-corrected chi connectivity index (χ3v) is 3.75. The second kappa shape index (κ2) is 7.00. The van der Waals surface area contributed by atoms with E-state index in [2.05, 4.69) is 15.6 Å². The Morgan fingerprint density at radius 1 is 1.12 bits per heavy atom. The predicted molar refractivity (Wildman–Crippen MR) is 93.3 cm³/mol. The fourth-order valence-corrected chi connectivity index (χ4v) is 2.46. The van der Waals surface area contributed by atoms with Gasteiger partial charge in [0, 0.05) is 17.6 Å². The third-order valence-electron chi connectivity index (χ3n) is 3.75. The number of aromatic nitrogens is 1. The minimum atomic E-state index is -0.239. The van der Waals surface area contributed by atoms with Gasteiger partial charge < -0.3 is 15.1 Å². The summed E-state index contributed by atoms with van der Waals surface area (Å²) in [4.78, 5) is 16.4. The lowest BCUT2D eigenvalue weighted by Gasteiger charge is -2.13. The molecule has 24 heavy (non-hydrogen) atoms. The molecule has 2 heterocycles. The van der Waals surface area contributed by atoms with Crippen LogP contribution in [0.15, 0.2) is 59.3 Å². The maximum absolute atomic E-state index is 12.2. The quantitative estimate of drug-likeness (QED) is 0.746. The first-order chi connectivity index (χ1) is 11.6. The monoisotopic (exact) mass is 321 g/mol. The van der Waals surface area contributed by atoms with Gasteiger partial charge in [-0.05, 0) is 49.2 Å². The summed E-state index contributed by atoms with van der Waals surface area (Å²) >= 11 is 0. The Hall–Kier alpha value is -3.08. The summed E-state index contributed by atoms with van der Waals surface area (Å²) in [6, 6.07) is 13.3. The van der Waals surface area contributed by atoms with Crippen molar-refractivity contribution in [3.8, 4) is 0 Å². The molecule has 0 unspecified atom stereocenters. The molecule has 0 spiro atoms. The van der Waals surface area contributed by atoms with E-state index in [1.807, 2.05) is 44.2 Å². The maximum atomic E-state index is 12.2. The highest BCUT2D eigenvalue weighted by Gasteiger charge is 2.09. The molecule has 2 N–H and O–H groups in total. The van der Waals surface area contributed by atoms with Gasteiger partial charge in [0.05, 0.1) is 12.8 Å². The SMILES string of the molecule is Cc1cccc(C)c1Nc1ccnc(C(=O)NCc2ccco2)c1. The van der Waals surface area contributed by atoms with Gasteiger partial charge >= 0.3 is 0 Å². The summed E-state index contributed by atoms with van der Waals surface area (Å²) in [6.45, 7) is 4.43. The Bertz CT molecular complexity index is 821. The number of anilines is 2. The average molecular weight is 321 g/mol. The van der Waals surface area contributed by atoms with Crippen LogP contribution in [-0.2, 0) is 6.54 Å². The Kier molecular flexibility index (Phi) is 4.61. The van der Waals surface area contributed by atoms with Gasteiger partial charge in [-0.3, -0.25) is 9.78 Å². The molecule has 0 aliphatic rings. The number of aryl methyl sites for hydroxylation is 2. The number of amides is 1. The first kappa shape index (κ1) is 15.8. The smallest absolute Gasteiger partial charge is 0.270 e. The normalized spacial score (nSPS) is 10.4. The molecular weight excluding hydrogens is 302 g/mol. The van der Waals surface area contributed by atoms with E-state index in [1.54, 1.807) is 24.6 Å². The number of carbonyl (C=O) groups excluding carboxylic acids is 1. The van der Waals surface area contributed by atoms with Crippen LogP contribution in [0.4, 0.5) is 11.4 Å². The van der Waals surface area contributed by atoms with Crippen molar-refractivity contribution in [2.75, 3.05) is 5.32 Å². The van der Waals surface area contributed by atoms with Crippen LogP contribution in [0.2, 0.25) is 0 Å². The molecule has 0 atom stereocenters. The number of benzene rings is 1. The van der Waals surface area contributed by atoms with E-state index in [1.165, 1.54) is 0 Å². The number of rotatable bonds is 5. The number of pyridine rings is 1. The van der Waals surface area contributed by atoms with E-state index in [4.69, 9.17) is 4.42 Å². The van der Waals surface area contributed by atoms with Crippen molar-refractivity contribution in [1.29, 1.82) is 0 Å². The standard InChI is InChI=1S/C19H19N3O2/c1-13-5-3-6-14(2)18(13)22-15-8-9-20-17(11-15)19(23)21-12-16-7-4-10-24-16/h3-11H,12H2,1-2H3,(H,20,22)(H,21,23). The molecule has 122 valence electrons. The Labute approximate surface area is 140 Å². The largest absolute Gasteiger partial charge is 0.467 e. The highest BCUT2D eigenvalue weighted by Crippen LogP contribution is 2.24. The van der Waals surface area contributed by atoms with Crippen LogP contribution < -0.4 is 10.6 Å². The molecule has 3 aromatic rings. The number of carbonyl (C=O) groups is 1. The summed E-state index contributed by atoms with van der Waals surface area (Å²) in [6.07, 6.45) is 3.20. The van der Waals surface area contributed by atoms with E-state index in [0.29, 0.717) is 18.0 Å². The van der Waals surface area contributed by atoms with Gasteiger partial charge in [-0.2, -0.15) is 0 Å². The fourth-order valence-electron chi connectivity index (χ4n) is 2.46. The van der Waals surface area contributed by atoms with Gasteiger partial charge in [-0.1, -0.05) is 18.2 Å². The third kappa shape index (κ3) is 3.63. The number of hydrogen-bond donors (Lipinski definition) is 2. The second-order valence-corrected chi connectivity index (χ2v) is 5.58. The first-order valence-electron chi connectivity index (χ1n) is 7.73. The predicted octanol–water partition coefficient (Wildman–Crippen LogP) is 3.97. The van der Waals surface area contributed by atoms with Crippen LogP contribution in [0.1, 0.15) is 27.4 Å². The summed E-state index contributed by atoms with van der Waals surface area (Å²) in [5, 5.41) is 6.16. The second-order valence-electron chi connectivity index (χ2n) is 5.58. The van der Waals surface area contributed by atoms with E-state index < -0.39 is 0 Å². The van der Waals surface area contributed by atoms with Crippen LogP contribution in [0.5, 0.6) is 0 Å². The Balaban J connectivity index is 1.73. The molecule has 0 saturated heterocycles. The van der Waals surface area contributed by atoms with Gasteiger partial charge in [0.25, 0.3) is 5.91 Å². The van der Waals surface area contributed by atoms with Gasteiger partial charge in [-0.25, -0.2) is 0 Å². The van der Waals surface area contributed by atoms with Crippen LogP contribution in [0, 0.1) is 13.8 Å². The molecule has 0 bridgehead atoms. The van der Waals surface area contributed by atoms with Gasteiger partial charge in [0.1, 0.15) is 11.5 Å². The molecule has 0 radical (unpaired) electrons. The van der Waals surface area contributed by atoms with Crippen LogP contribution in [0.3, 0.4) is 0 Å². The van der Waals surface area contributed by atoms with Crippen molar-refractivity contribution in [3.05, 3.63) is 77.5 Å². The van der Waals surface area contributed by atoms with Crippen molar-refractivity contribution in [1.82, 2.24) is 10.3 Å². The van der Waals surface area contributed by atoms with Crippen LogP contribution >= 0.6 is 0 Å². The first-order valence-corrected chi connectivity index (χ1v) is 7.73. The molecule has 0 fully saturated rings. The number of hydrogen-bond acceptors (Lipinski definition) is 4. The summed E-state index contributed by atoms with van der Waals surface area (Å²) < 4.78 is 5.20. The van der Waals surface area contributed by atoms with E-state index in [-0.39, 0.29) is 5.91 Å². The molecular formula is C19H19N3O2. The molecule has 0 aliphatic carbocycles. The topological polar surface area (TPSA) is 67.2 Å². The highest BCUT2D eigenvalue weighted by atomic mass is 16.3. The summed E-state index contributed by atoms with van der Waals surface area (Å²) in [7, 11) is 0. The Morgan fingerprint density at radius 3 is 2.62 bits per heavy atom. The highest BCUT2D eigenvalue weighted by molar-refractivity contribution is 5.93. The van der Waals surface area contributed by atoms with E-state index in [9.17, 15) is 4.79 Å². The molecule has 1 aromatic carbocycles. The number of para-hydroxylation sites is 1. The van der Waals surface area contributed by atoms with Crippen molar-refractivity contribution in [3.63, 3.8) is 0 Å². The molecule has 2 aromatic heterocycles. The minimum absolute atomic E-state index is 0.239. The fraction of sp³-hybridized carbons (Fsp3) is 0.158. The molecule has 5 heteroatoms. The van der Waals surface area contributed by atoms with E-state index in [0.717, 1.165) is 22.5 Å².